The highest BCUT2D eigenvalue weighted by molar-refractivity contribution is 6.33. The highest BCUT2D eigenvalue weighted by Crippen LogP contribution is 2.30. The molecule has 0 aromatic heterocycles. The Balaban J connectivity index is 3.43. The summed E-state index contributed by atoms with van der Waals surface area (Å²) in [6.45, 7) is 4.79. The number of nitrogens with zero attached hydrogens (tertiary/aromatic N) is 1. The maximum Gasteiger partial charge on any atom is 0.471 e. The average molecular weight is 338 g/mol. The van der Waals surface area contributed by atoms with Gasteiger partial charge in [0.15, 0.2) is 0 Å². The Labute approximate surface area is 130 Å². The van der Waals surface area contributed by atoms with Gasteiger partial charge in [-0.05, 0) is 31.0 Å². The number of carboxylic acid groups (broad SMARTS) is 1. The van der Waals surface area contributed by atoms with Crippen molar-refractivity contribution in [2.75, 3.05) is 4.90 Å². The van der Waals surface area contributed by atoms with E-state index in [-0.39, 0.29) is 22.2 Å². The van der Waals surface area contributed by atoms with Crippen molar-refractivity contribution in [3.05, 3.63) is 28.8 Å². The minimum atomic E-state index is -5.06. The first kappa shape index (κ1) is 18.3. The minimum absolute atomic E-state index is 0.118. The summed E-state index contributed by atoms with van der Waals surface area (Å²) in [7, 11) is 0. The van der Waals surface area contributed by atoms with Crippen molar-refractivity contribution in [1.29, 1.82) is 0 Å². The van der Waals surface area contributed by atoms with E-state index in [0.717, 1.165) is 12.1 Å². The zero-order valence-electron chi connectivity index (χ0n) is 12.1. The first-order valence-corrected chi connectivity index (χ1v) is 6.77. The number of carboxylic acids is 1. The van der Waals surface area contributed by atoms with Crippen LogP contribution in [-0.4, -0.2) is 29.2 Å². The molecule has 1 amide bonds. The predicted octanol–water partition coefficient (Wildman–Crippen LogP) is 3.98. The van der Waals surface area contributed by atoms with Gasteiger partial charge in [-0.15, -0.1) is 0 Å². The number of hydrogen-bond donors (Lipinski definition) is 1. The van der Waals surface area contributed by atoms with Crippen molar-refractivity contribution < 1.29 is 27.9 Å². The first-order valence-electron chi connectivity index (χ1n) is 6.40. The van der Waals surface area contributed by atoms with Crippen LogP contribution in [0, 0.1) is 5.92 Å². The number of aromatic carboxylic acids is 1. The summed E-state index contributed by atoms with van der Waals surface area (Å²) < 4.78 is 38.4. The van der Waals surface area contributed by atoms with Gasteiger partial charge in [-0.1, -0.05) is 25.4 Å². The highest BCUT2D eigenvalue weighted by atomic mass is 35.5. The van der Waals surface area contributed by atoms with Crippen molar-refractivity contribution >= 4 is 29.2 Å². The topological polar surface area (TPSA) is 57.6 Å². The Morgan fingerprint density at radius 3 is 2.18 bits per heavy atom. The Hall–Kier alpha value is -1.76. The minimum Gasteiger partial charge on any atom is -0.478 e. The average Bonchev–Trinajstić information content (AvgIpc) is 2.38. The van der Waals surface area contributed by atoms with Crippen molar-refractivity contribution in [3.8, 4) is 0 Å². The van der Waals surface area contributed by atoms with E-state index in [1.54, 1.807) is 13.8 Å². The Morgan fingerprint density at radius 1 is 1.23 bits per heavy atom. The number of halogens is 4. The standard InChI is InChI=1S/C14H15ClF3NO3/c1-7(2)8(3)19(13(22)14(16,17)18)9-4-5-11(15)10(6-9)12(20)21/h4-8H,1-3H3,(H,20,21). The molecule has 1 unspecified atom stereocenters. The molecule has 1 aromatic carbocycles. The largest absolute Gasteiger partial charge is 0.478 e. The molecule has 0 spiro atoms. The van der Waals surface area contributed by atoms with Gasteiger partial charge < -0.3 is 10.0 Å². The van der Waals surface area contributed by atoms with Crippen LogP contribution in [0.3, 0.4) is 0 Å². The van der Waals surface area contributed by atoms with Crippen LogP contribution >= 0.6 is 11.6 Å². The van der Waals surface area contributed by atoms with E-state index in [0.29, 0.717) is 4.90 Å². The van der Waals surface area contributed by atoms with Gasteiger partial charge in [-0.25, -0.2) is 4.79 Å². The van der Waals surface area contributed by atoms with Crippen LogP contribution in [0.4, 0.5) is 18.9 Å². The monoisotopic (exact) mass is 337 g/mol. The smallest absolute Gasteiger partial charge is 0.471 e. The number of hydrogen-bond acceptors (Lipinski definition) is 2. The third kappa shape index (κ3) is 3.91. The van der Waals surface area contributed by atoms with Gasteiger partial charge in [0, 0.05) is 11.7 Å². The van der Waals surface area contributed by atoms with Crippen LogP contribution in [0.5, 0.6) is 0 Å². The molecule has 0 heterocycles. The maximum absolute atomic E-state index is 12.8. The molecule has 4 nitrogen and oxygen atoms in total. The summed E-state index contributed by atoms with van der Waals surface area (Å²) in [4.78, 5) is 23.3. The number of carbonyl (C=O) groups is 2. The molecule has 1 atom stereocenters. The van der Waals surface area contributed by atoms with Crippen molar-refractivity contribution in [2.24, 2.45) is 5.92 Å². The molecule has 0 radical (unpaired) electrons. The quantitative estimate of drug-likeness (QED) is 0.904. The normalized spacial score (nSPS) is 13.1. The molecule has 0 aliphatic heterocycles. The van der Waals surface area contributed by atoms with E-state index in [9.17, 15) is 22.8 Å². The third-order valence-corrected chi connectivity index (χ3v) is 3.62. The molecule has 0 aliphatic rings. The van der Waals surface area contributed by atoms with Gasteiger partial charge in [0.2, 0.25) is 0 Å². The van der Waals surface area contributed by atoms with Crippen LogP contribution in [0.15, 0.2) is 18.2 Å². The van der Waals surface area contributed by atoms with Gasteiger partial charge in [-0.2, -0.15) is 13.2 Å². The summed E-state index contributed by atoms with van der Waals surface area (Å²) in [5, 5.41) is 8.89. The second kappa shape index (κ2) is 6.56. The maximum atomic E-state index is 12.8. The second-order valence-electron chi connectivity index (χ2n) is 5.13. The van der Waals surface area contributed by atoms with Gasteiger partial charge >= 0.3 is 18.1 Å². The van der Waals surface area contributed by atoms with Crippen LogP contribution in [0.2, 0.25) is 5.02 Å². The Morgan fingerprint density at radius 2 is 1.77 bits per heavy atom. The highest BCUT2D eigenvalue weighted by Gasteiger charge is 2.45. The molecule has 0 aliphatic carbocycles. The van der Waals surface area contributed by atoms with E-state index in [2.05, 4.69) is 0 Å². The number of rotatable bonds is 4. The summed E-state index contributed by atoms with van der Waals surface area (Å²) in [6, 6.07) is 2.53. The van der Waals surface area contributed by atoms with Crippen molar-refractivity contribution in [1.82, 2.24) is 0 Å². The lowest BCUT2D eigenvalue weighted by Crippen LogP contribution is -2.48. The molecule has 122 valence electrons. The van der Waals surface area contributed by atoms with Crippen LogP contribution < -0.4 is 4.90 Å². The molecule has 0 fully saturated rings. The van der Waals surface area contributed by atoms with Crippen molar-refractivity contribution in [2.45, 2.75) is 33.0 Å². The summed E-state index contributed by atoms with van der Waals surface area (Å²) in [5.41, 5.74) is -0.527. The molecular formula is C14H15ClF3NO3. The predicted molar refractivity (Wildman–Crippen MR) is 76.3 cm³/mol. The summed E-state index contributed by atoms with van der Waals surface area (Å²) in [5.74, 6) is -3.70. The number of benzene rings is 1. The lowest BCUT2D eigenvalue weighted by atomic mass is 10.0. The third-order valence-electron chi connectivity index (χ3n) is 3.29. The SMILES string of the molecule is CC(C)C(C)N(C(=O)C(F)(F)F)c1ccc(Cl)c(C(=O)O)c1. The molecule has 1 rings (SSSR count). The van der Waals surface area contributed by atoms with E-state index in [1.807, 2.05) is 0 Å². The molecule has 1 N–H and O–H groups in total. The second-order valence-corrected chi connectivity index (χ2v) is 5.53. The molecule has 8 heteroatoms. The first-order chi connectivity index (χ1) is 9.96. The Kier molecular flexibility index (Phi) is 5.45. The lowest BCUT2D eigenvalue weighted by molar-refractivity contribution is -0.171. The molecule has 22 heavy (non-hydrogen) atoms. The zero-order chi connectivity index (χ0) is 17.2. The van der Waals surface area contributed by atoms with Gasteiger partial charge in [-0.3, -0.25) is 4.79 Å². The zero-order valence-corrected chi connectivity index (χ0v) is 12.9. The summed E-state index contributed by atoms with van der Waals surface area (Å²) >= 11 is 5.70. The van der Waals surface area contributed by atoms with Crippen LogP contribution in [0.25, 0.3) is 0 Å². The number of alkyl halides is 3. The number of carbonyl (C=O) groups excluding carboxylic acids is 1. The van der Waals surface area contributed by atoms with E-state index >= 15 is 0 Å². The fourth-order valence-electron chi connectivity index (χ4n) is 1.80. The molecular weight excluding hydrogens is 323 g/mol. The van der Waals surface area contributed by atoms with E-state index in [4.69, 9.17) is 16.7 Å². The van der Waals surface area contributed by atoms with Crippen LogP contribution in [0.1, 0.15) is 31.1 Å². The van der Waals surface area contributed by atoms with E-state index in [1.165, 1.54) is 13.0 Å². The summed E-state index contributed by atoms with van der Waals surface area (Å²) in [6.07, 6.45) is -5.06. The molecule has 0 saturated heterocycles. The lowest BCUT2D eigenvalue weighted by Gasteiger charge is -2.32. The Bertz CT molecular complexity index is 587. The van der Waals surface area contributed by atoms with Crippen molar-refractivity contribution in [3.63, 3.8) is 0 Å². The number of amides is 1. The molecule has 0 bridgehead atoms. The van der Waals surface area contributed by atoms with Crippen LogP contribution in [-0.2, 0) is 4.79 Å². The van der Waals surface area contributed by atoms with E-state index < -0.39 is 24.1 Å². The molecule has 1 aromatic rings. The van der Waals surface area contributed by atoms with Gasteiger partial charge in [0.1, 0.15) is 0 Å². The fraction of sp³-hybridized carbons (Fsp3) is 0.429. The van der Waals surface area contributed by atoms with Gasteiger partial charge in [0.05, 0.1) is 10.6 Å². The van der Waals surface area contributed by atoms with Gasteiger partial charge in [0.25, 0.3) is 0 Å². The fourth-order valence-corrected chi connectivity index (χ4v) is 2.00. The number of anilines is 1. The molecule has 0 saturated carbocycles.